The second-order valence-electron chi connectivity index (χ2n) is 3.88. The Labute approximate surface area is 95.5 Å². The van der Waals surface area contributed by atoms with E-state index >= 15 is 0 Å². The Morgan fingerprint density at radius 1 is 1.50 bits per heavy atom. The number of rotatable bonds is 6. The zero-order valence-electron chi connectivity index (χ0n) is 9.83. The van der Waals surface area contributed by atoms with Crippen molar-refractivity contribution in [2.24, 2.45) is 5.73 Å². The lowest BCUT2D eigenvalue weighted by atomic mass is 10.2. The standard InChI is InChI=1S/C11H19FN4/c1-3-9-10(12)11(16-7-15-9)14-6-4-5-8(2)13/h7-8H,3-6,13H2,1-2H3,(H,14,15,16). The van der Waals surface area contributed by atoms with Gasteiger partial charge in [-0.25, -0.2) is 14.4 Å². The lowest BCUT2D eigenvalue weighted by Gasteiger charge is -2.09. The van der Waals surface area contributed by atoms with Crippen LogP contribution >= 0.6 is 0 Å². The molecule has 0 radical (unpaired) electrons. The van der Waals surface area contributed by atoms with Gasteiger partial charge in [0.05, 0.1) is 5.69 Å². The van der Waals surface area contributed by atoms with Crippen LogP contribution in [0.25, 0.3) is 0 Å². The maximum absolute atomic E-state index is 13.6. The summed E-state index contributed by atoms with van der Waals surface area (Å²) in [4.78, 5) is 7.74. The van der Waals surface area contributed by atoms with Crippen LogP contribution in [0.15, 0.2) is 6.33 Å². The van der Waals surface area contributed by atoms with E-state index in [1.807, 2.05) is 13.8 Å². The van der Waals surface area contributed by atoms with E-state index in [2.05, 4.69) is 15.3 Å². The maximum Gasteiger partial charge on any atom is 0.186 e. The molecule has 0 saturated carbocycles. The van der Waals surface area contributed by atoms with Gasteiger partial charge in [0.2, 0.25) is 0 Å². The molecule has 90 valence electrons. The third kappa shape index (κ3) is 3.73. The first-order chi connectivity index (χ1) is 7.65. The second-order valence-corrected chi connectivity index (χ2v) is 3.88. The largest absolute Gasteiger partial charge is 0.368 e. The third-order valence-corrected chi connectivity index (χ3v) is 2.33. The average Bonchev–Trinajstić information content (AvgIpc) is 2.26. The Morgan fingerprint density at radius 2 is 2.25 bits per heavy atom. The Kier molecular flexibility index (Phi) is 5.11. The molecular formula is C11H19FN4. The first-order valence-corrected chi connectivity index (χ1v) is 5.64. The number of hydrogen-bond acceptors (Lipinski definition) is 4. The summed E-state index contributed by atoms with van der Waals surface area (Å²) in [6.07, 6.45) is 3.78. The van der Waals surface area contributed by atoms with Crippen molar-refractivity contribution in [1.82, 2.24) is 9.97 Å². The van der Waals surface area contributed by atoms with Crippen LogP contribution in [0.5, 0.6) is 0 Å². The molecule has 1 aromatic rings. The van der Waals surface area contributed by atoms with E-state index in [0.29, 0.717) is 18.7 Å². The molecule has 0 fully saturated rings. The van der Waals surface area contributed by atoms with Gasteiger partial charge in [-0.3, -0.25) is 0 Å². The summed E-state index contributed by atoms with van der Waals surface area (Å²) in [6.45, 7) is 4.50. The van der Waals surface area contributed by atoms with E-state index in [1.165, 1.54) is 6.33 Å². The van der Waals surface area contributed by atoms with Gasteiger partial charge in [0.1, 0.15) is 6.33 Å². The molecule has 4 nitrogen and oxygen atoms in total. The normalized spacial score (nSPS) is 12.5. The monoisotopic (exact) mass is 226 g/mol. The van der Waals surface area contributed by atoms with E-state index in [9.17, 15) is 4.39 Å². The highest BCUT2D eigenvalue weighted by atomic mass is 19.1. The average molecular weight is 226 g/mol. The van der Waals surface area contributed by atoms with Crippen LogP contribution in [0, 0.1) is 5.82 Å². The van der Waals surface area contributed by atoms with E-state index in [1.54, 1.807) is 0 Å². The number of nitrogens with one attached hydrogen (secondary N) is 1. The van der Waals surface area contributed by atoms with Crippen LogP contribution in [0.3, 0.4) is 0 Å². The molecule has 0 saturated heterocycles. The Hall–Kier alpha value is -1.23. The van der Waals surface area contributed by atoms with Crippen LogP contribution < -0.4 is 11.1 Å². The van der Waals surface area contributed by atoms with E-state index in [4.69, 9.17) is 5.73 Å². The Morgan fingerprint density at radius 3 is 2.88 bits per heavy atom. The minimum atomic E-state index is -0.342. The lowest BCUT2D eigenvalue weighted by Crippen LogP contribution is -2.16. The summed E-state index contributed by atoms with van der Waals surface area (Å²) in [5.41, 5.74) is 6.07. The quantitative estimate of drug-likeness (QED) is 0.725. The molecule has 0 aliphatic heterocycles. The molecule has 1 rings (SSSR count). The topological polar surface area (TPSA) is 63.8 Å². The number of hydrogen-bond donors (Lipinski definition) is 2. The summed E-state index contributed by atoms with van der Waals surface area (Å²) in [5, 5.41) is 2.96. The molecule has 0 aliphatic carbocycles. The molecule has 5 heteroatoms. The smallest absolute Gasteiger partial charge is 0.186 e. The van der Waals surface area contributed by atoms with Crippen LogP contribution in [0.1, 0.15) is 32.4 Å². The van der Waals surface area contributed by atoms with Gasteiger partial charge in [-0.05, 0) is 26.2 Å². The van der Waals surface area contributed by atoms with Crippen LogP contribution in [0.2, 0.25) is 0 Å². The molecule has 1 aromatic heterocycles. The molecular weight excluding hydrogens is 207 g/mol. The zero-order valence-corrected chi connectivity index (χ0v) is 9.83. The minimum Gasteiger partial charge on any atom is -0.368 e. The van der Waals surface area contributed by atoms with E-state index in [-0.39, 0.29) is 17.7 Å². The lowest BCUT2D eigenvalue weighted by molar-refractivity contribution is 0.593. The summed E-state index contributed by atoms with van der Waals surface area (Å²) in [7, 11) is 0. The van der Waals surface area contributed by atoms with Gasteiger partial charge in [-0.2, -0.15) is 0 Å². The molecule has 1 atom stereocenters. The Balaban J connectivity index is 2.47. The predicted molar refractivity (Wildman–Crippen MR) is 62.7 cm³/mol. The summed E-state index contributed by atoms with van der Waals surface area (Å²) in [6, 6.07) is 0.184. The summed E-state index contributed by atoms with van der Waals surface area (Å²) in [5.74, 6) is -0.0534. The molecule has 3 N–H and O–H groups in total. The van der Waals surface area contributed by atoms with Gasteiger partial charge in [0.25, 0.3) is 0 Å². The fourth-order valence-corrected chi connectivity index (χ4v) is 1.41. The van der Waals surface area contributed by atoms with Gasteiger partial charge in [-0.1, -0.05) is 6.92 Å². The fourth-order valence-electron chi connectivity index (χ4n) is 1.41. The number of nitrogens with zero attached hydrogens (tertiary/aromatic N) is 2. The summed E-state index contributed by atoms with van der Waals surface area (Å²) >= 11 is 0. The van der Waals surface area contributed by atoms with E-state index in [0.717, 1.165) is 12.8 Å². The highest BCUT2D eigenvalue weighted by Gasteiger charge is 2.08. The van der Waals surface area contributed by atoms with Crippen molar-refractivity contribution in [2.45, 2.75) is 39.2 Å². The first kappa shape index (κ1) is 12.8. The zero-order chi connectivity index (χ0) is 12.0. The van der Waals surface area contributed by atoms with Gasteiger partial charge >= 0.3 is 0 Å². The van der Waals surface area contributed by atoms with Gasteiger partial charge in [0, 0.05) is 12.6 Å². The molecule has 1 heterocycles. The van der Waals surface area contributed by atoms with Gasteiger partial charge in [-0.15, -0.1) is 0 Å². The van der Waals surface area contributed by atoms with Crippen LogP contribution in [-0.2, 0) is 6.42 Å². The third-order valence-electron chi connectivity index (χ3n) is 2.33. The maximum atomic E-state index is 13.6. The van der Waals surface area contributed by atoms with Crippen molar-refractivity contribution in [2.75, 3.05) is 11.9 Å². The first-order valence-electron chi connectivity index (χ1n) is 5.64. The van der Waals surface area contributed by atoms with Crippen molar-refractivity contribution in [3.8, 4) is 0 Å². The molecule has 0 spiro atoms. The van der Waals surface area contributed by atoms with Gasteiger partial charge in [0.15, 0.2) is 11.6 Å². The minimum absolute atomic E-state index is 0.184. The molecule has 0 bridgehead atoms. The van der Waals surface area contributed by atoms with Crippen molar-refractivity contribution < 1.29 is 4.39 Å². The molecule has 16 heavy (non-hydrogen) atoms. The number of aryl methyl sites for hydroxylation is 1. The number of anilines is 1. The van der Waals surface area contributed by atoms with Gasteiger partial charge < -0.3 is 11.1 Å². The van der Waals surface area contributed by atoms with Crippen LogP contribution in [-0.4, -0.2) is 22.6 Å². The van der Waals surface area contributed by atoms with Crippen molar-refractivity contribution in [1.29, 1.82) is 0 Å². The van der Waals surface area contributed by atoms with E-state index < -0.39 is 0 Å². The molecule has 1 unspecified atom stereocenters. The Bertz CT molecular complexity index is 328. The SMILES string of the molecule is CCc1ncnc(NCCCC(C)N)c1F. The second kappa shape index (κ2) is 6.37. The van der Waals surface area contributed by atoms with Crippen LogP contribution in [0.4, 0.5) is 10.2 Å². The predicted octanol–water partition coefficient (Wildman–Crippen LogP) is 1.72. The van der Waals surface area contributed by atoms with Crippen molar-refractivity contribution >= 4 is 5.82 Å². The number of halogens is 1. The molecule has 0 amide bonds. The number of nitrogens with two attached hydrogens (primary N) is 1. The van der Waals surface area contributed by atoms with Crippen molar-refractivity contribution in [3.05, 3.63) is 17.8 Å². The molecule has 0 aromatic carbocycles. The highest BCUT2D eigenvalue weighted by Crippen LogP contribution is 2.13. The highest BCUT2D eigenvalue weighted by molar-refractivity contribution is 5.37. The summed E-state index contributed by atoms with van der Waals surface area (Å²) < 4.78 is 13.6. The van der Waals surface area contributed by atoms with Crippen molar-refractivity contribution in [3.63, 3.8) is 0 Å². The fraction of sp³-hybridized carbons (Fsp3) is 0.636. The molecule has 0 aliphatic rings. The number of aromatic nitrogens is 2.